The largest absolute Gasteiger partial charge is 0.444 e. The fraction of sp³-hybridized carbons (Fsp3) is 0.385. The van der Waals surface area contributed by atoms with Crippen LogP contribution in [-0.2, 0) is 14.3 Å². The second-order valence-electron chi connectivity index (χ2n) is 9.07. The predicted octanol–water partition coefficient (Wildman–Crippen LogP) is 3.22. The van der Waals surface area contributed by atoms with Crippen molar-refractivity contribution in [2.75, 3.05) is 18.5 Å². The molecule has 0 aliphatic rings. The van der Waals surface area contributed by atoms with E-state index in [-0.39, 0.29) is 0 Å². The second-order valence-corrected chi connectivity index (χ2v) is 9.07. The normalized spacial score (nSPS) is 12.6. The van der Waals surface area contributed by atoms with Crippen LogP contribution in [0.15, 0.2) is 48.5 Å². The van der Waals surface area contributed by atoms with Crippen LogP contribution in [0.25, 0.3) is 0 Å². The lowest BCUT2D eigenvalue weighted by Crippen LogP contribution is -2.54. The van der Waals surface area contributed by atoms with E-state index >= 15 is 0 Å². The molecule has 2 rings (SSSR count). The first kappa shape index (κ1) is 27.3. The van der Waals surface area contributed by atoms with Gasteiger partial charge >= 0.3 is 6.09 Å². The Kier molecular flexibility index (Phi) is 9.37. The van der Waals surface area contributed by atoms with Gasteiger partial charge in [0.05, 0.1) is 12.7 Å². The molecule has 0 fully saturated rings. The average Bonchev–Trinajstić information content (AvgIpc) is 2.78. The summed E-state index contributed by atoms with van der Waals surface area (Å²) in [6, 6.07) is 13.5. The molecule has 2 aromatic rings. The van der Waals surface area contributed by atoms with Crippen molar-refractivity contribution >= 4 is 23.6 Å². The molecule has 9 nitrogen and oxygen atoms in total. The van der Waals surface area contributed by atoms with E-state index in [0.29, 0.717) is 11.3 Å². The van der Waals surface area contributed by atoms with Crippen molar-refractivity contribution in [3.8, 4) is 6.07 Å². The Bertz CT molecular complexity index is 1100. The molecule has 0 bridgehead atoms. The van der Waals surface area contributed by atoms with Crippen molar-refractivity contribution in [3.05, 3.63) is 65.2 Å². The molecule has 9 heteroatoms. The van der Waals surface area contributed by atoms with Gasteiger partial charge in [-0.15, -0.1) is 0 Å². The predicted molar refractivity (Wildman–Crippen MR) is 131 cm³/mol. The van der Waals surface area contributed by atoms with Gasteiger partial charge in [-0.05, 0) is 57.4 Å². The molecular formula is C26H32N4O5. The Morgan fingerprint density at radius 3 is 2.20 bits per heavy atom. The summed E-state index contributed by atoms with van der Waals surface area (Å²) in [5.41, 5.74) is 1.80. The third-order valence-electron chi connectivity index (χ3n) is 5.14. The number of hydrogen-bond acceptors (Lipinski definition) is 6. The van der Waals surface area contributed by atoms with E-state index in [1.807, 2.05) is 25.1 Å². The average molecular weight is 481 g/mol. The van der Waals surface area contributed by atoms with E-state index in [2.05, 4.69) is 10.6 Å². The molecule has 35 heavy (non-hydrogen) atoms. The Morgan fingerprint density at radius 1 is 1.06 bits per heavy atom. The molecule has 0 aromatic heterocycles. The van der Waals surface area contributed by atoms with Crippen LogP contribution in [0, 0.1) is 25.2 Å². The molecule has 0 saturated carbocycles. The van der Waals surface area contributed by atoms with Crippen molar-refractivity contribution in [2.45, 2.75) is 52.3 Å². The highest BCUT2D eigenvalue weighted by Gasteiger charge is 2.36. The lowest BCUT2D eigenvalue weighted by molar-refractivity contribution is -0.140. The molecule has 3 amide bonds. The van der Waals surface area contributed by atoms with Crippen molar-refractivity contribution in [1.82, 2.24) is 10.2 Å². The maximum absolute atomic E-state index is 13.6. The molecule has 0 heterocycles. The third kappa shape index (κ3) is 7.55. The number of aryl methyl sites for hydroxylation is 2. The summed E-state index contributed by atoms with van der Waals surface area (Å²) in [5, 5.41) is 24.6. The quantitative estimate of drug-likeness (QED) is 0.497. The SMILES string of the molecule is Cc1ccccc1NC(=O)C(c1ccccc1C)N(CC#N)C(=O)C(CO)NC(=O)OC(C)(C)C. The maximum Gasteiger partial charge on any atom is 0.408 e. The zero-order valence-electron chi connectivity index (χ0n) is 20.7. The minimum Gasteiger partial charge on any atom is -0.444 e. The van der Waals surface area contributed by atoms with Crippen LogP contribution in [0.5, 0.6) is 0 Å². The summed E-state index contributed by atoms with van der Waals surface area (Å²) in [7, 11) is 0. The summed E-state index contributed by atoms with van der Waals surface area (Å²) in [6.45, 7) is 7.41. The summed E-state index contributed by atoms with van der Waals surface area (Å²) < 4.78 is 5.19. The van der Waals surface area contributed by atoms with Gasteiger partial charge in [0, 0.05) is 5.69 Å². The lowest BCUT2D eigenvalue weighted by atomic mass is 9.98. The number of alkyl carbamates (subject to hydrolysis) is 1. The van der Waals surface area contributed by atoms with Gasteiger partial charge < -0.3 is 25.4 Å². The van der Waals surface area contributed by atoms with Gasteiger partial charge in [-0.25, -0.2) is 4.79 Å². The second kappa shape index (κ2) is 12.0. The molecule has 2 unspecified atom stereocenters. The number of aliphatic hydroxyl groups excluding tert-OH is 1. The molecule has 0 saturated heterocycles. The van der Waals surface area contributed by atoms with Gasteiger partial charge in [-0.2, -0.15) is 5.26 Å². The van der Waals surface area contributed by atoms with Crippen LogP contribution in [0.4, 0.5) is 10.5 Å². The topological polar surface area (TPSA) is 132 Å². The van der Waals surface area contributed by atoms with E-state index in [0.717, 1.165) is 16.0 Å². The van der Waals surface area contributed by atoms with E-state index in [9.17, 15) is 24.8 Å². The zero-order chi connectivity index (χ0) is 26.2. The summed E-state index contributed by atoms with van der Waals surface area (Å²) in [4.78, 5) is 40.4. The number of anilines is 1. The highest BCUT2D eigenvalue weighted by molar-refractivity contribution is 5.99. The van der Waals surface area contributed by atoms with E-state index in [1.54, 1.807) is 64.1 Å². The fourth-order valence-electron chi connectivity index (χ4n) is 3.47. The molecule has 2 aromatic carbocycles. The van der Waals surface area contributed by atoms with Crippen molar-refractivity contribution in [3.63, 3.8) is 0 Å². The number of benzene rings is 2. The minimum atomic E-state index is -1.42. The first-order chi connectivity index (χ1) is 16.5. The summed E-state index contributed by atoms with van der Waals surface area (Å²) in [5.74, 6) is -1.33. The third-order valence-corrected chi connectivity index (χ3v) is 5.14. The van der Waals surface area contributed by atoms with Gasteiger partial charge in [0.25, 0.3) is 5.91 Å². The number of para-hydroxylation sites is 1. The lowest BCUT2D eigenvalue weighted by Gasteiger charge is -2.33. The minimum absolute atomic E-state index is 0.453. The number of carbonyl (C=O) groups is 3. The first-order valence-corrected chi connectivity index (χ1v) is 11.2. The van der Waals surface area contributed by atoms with Crippen LogP contribution in [0.1, 0.15) is 43.5 Å². The van der Waals surface area contributed by atoms with E-state index in [4.69, 9.17) is 4.74 Å². The van der Waals surface area contributed by atoms with Gasteiger partial charge in [0.2, 0.25) is 5.91 Å². The Balaban J connectivity index is 2.47. The monoisotopic (exact) mass is 480 g/mol. The molecular weight excluding hydrogens is 448 g/mol. The number of nitrogens with one attached hydrogen (secondary N) is 2. The number of hydrogen-bond donors (Lipinski definition) is 3. The summed E-state index contributed by atoms with van der Waals surface area (Å²) >= 11 is 0. The molecule has 0 aliphatic carbocycles. The molecule has 2 atom stereocenters. The van der Waals surface area contributed by atoms with E-state index in [1.165, 1.54) is 0 Å². The molecule has 3 N–H and O–H groups in total. The molecule has 0 radical (unpaired) electrons. The van der Waals surface area contributed by atoms with Gasteiger partial charge in [-0.3, -0.25) is 9.59 Å². The number of nitriles is 1. The number of ether oxygens (including phenoxy) is 1. The number of nitrogens with zero attached hydrogens (tertiary/aromatic N) is 2. The number of amides is 3. The van der Waals surface area contributed by atoms with Crippen LogP contribution < -0.4 is 10.6 Å². The van der Waals surface area contributed by atoms with Crippen molar-refractivity contribution in [1.29, 1.82) is 5.26 Å². The smallest absolute Gasteiger partial charge is 0.408 e. The van der Waals surface area contributed by atoms with Crippen molar-refractivity contribution in [2.24, 2.45) is 0 Å². The number of rotatable bonds is 8. The van der Waals surface area contributed by atoms with Crippen LogP contribution in [-0.4, -0.2) is 52.7 Å². The Morgan fingerprint density at radius 2 is 1.66 bits per heavy atom. The highest BCUT2D eigenvalue weighted by Crippen LogP contribution is 2.27. The van der Waals surface area contributed by atoms with Crippen LogP contribution in [0.2, 0.25) is 0 Å². The van der Waals surface area contributed by atoms with Gasteiger partial charge in [-0.1, -0.05) is 42.5 Å². The van der Waals surface area contributed by atoms with Crippen molar-refractivity contribution < 1.29 is 24.2 Å². The van der Waals surface area contributed by atoms with E-state index < -0.39 is 48.7 Å². The Labute approximate surface area is 205 Å². The molecule has 0 aliphatic heterocycles. The van der Waals surface area contributed by atoms with Crippen LogP contribution >= 0.6 is 0 Å². The Hall–Kier alpha value is -3.90. The van der Waals surface area contributed by atoms with Crippen LogP contribution in [0.3, 0.4) is 0 Å². The highest BCUT2D eigenvalue weighted by atomic mass is 16.6. The van der Waals surface area contributed by atoms with Gasteiger partial charge in [0.1, 0.15) is 24.2 Å². The zero-order valence-corrected chi connectivity index (χ0v) is 20.7. The standard InChI is InChI=1S/C26H32N4O5/c1-17-10-6-8-12-19(17)22(23(32)28-20-13-9-7-11-18(20)2)30(15-14-27)24(33)21(16-31)29-25(34)35-26(3,4)5/h6-13,21-22,31H,15-16H2,1-5H3,(H,28,32)(H,29,34). The first-order valence-electron chi connectivity index (χ1n) is 11.2. The fourth-order valence-corrected chi connectivity index (χ4v) is 3.47. The molecule has 186 valence electrons. The number of carbonyl (C=O) groups excluding carboxylic acids is 3. The summed E-state index contributed by atoms with van der Waals surface area (Å²) in [6.07, 6.45) is -0.904. The van der Waals surface area contributed by atoms with Gasteiger partial charge in [0.15, 0.2) is 0 Å². The maximum atomic E-state index is 13.6. The molecule has 0 spiro atoms. The number of aliphatic hydroxyl groups is 1.